The second kappa shape index (κ2) is 6.45. The Balaban J connectivity index is 2.21. The molecule has 0 fully saturated rings. The number of methoxy groups -OCH3 is 1. The van der Waals surface area contributed by atoms with Crippen molar-refractivity contribution in [2.75, 3.05) is 7.11 Å². The highest BCUT2D eigenvalue weighted by Crippen LogP contribution is 2.22. The fraction of sp³-hybridized carbons (Fsp3) is 0.200. The molecule has 0 aliphatic rings. The van der Waals surface area contributed by atoms with Gasteiger partial charge in [-0.2, -0.15) is 0 Å². The summed E-state index contributed by atoms with van der Waals surface area (Å²) in [5, 5.41) is 0. The van der Waals surface area contributed by atoms with Crippen molar-refractivity contribution in [2.24, 2.45) is 5.84 Å². The molecular weight excluding hydrogens is 262 g/mol. The fourth-order valence-electron chi connectivity index (χ4n) is 2.04. The minimum atomic E-state index is -0.881. The van der Waals surface area contributed by atoms with E-state index in [0.717, 1.165) is 23.4 Å². The number of nitrogens with two attached hydrogens (primary N) is 1. The molecule has 2 aromatic carbocycles. The van der Waals surface area contributed by atoms with Crippen LogP contribution >= 0.6 is 0 Å². The molecule has 3 nitrogen and oxygen atoms in total. The Labute approximate surface area is 116 Å². The SMILES string of the molecule is COc1cccc(CC(NN)c2ccc(F)c(F)c2)c1. The first-order valence-corrected chi connectivity index (χ1v) is 6.18. The summed E-state index contributed by atoms with van der Waals surface area (Å²) >= 11 is 0. The average molecular weight is 278 g/mol. The number of nitrogens with one attached hydrogen (secondary N) is 1. The summed E-state index contributed by atoms with van der Waals surface area (Å²) in [4.78, 5) is 0. The Bertz CT molecular complexity index is 590. The summed E-state index contributed by atoms with van der Waals surface area (Å²) in [6.45, 7) is 0. The summed E-state index contributed by atoms with van der Waals surface area (Å²) < 4.78 is 31.4. The summed E-state index contributed by atoms with van der Waals surface area (Å²) in [6, 6.07) is 11.0. The van der Waals surface area contributed by atoms with Crippen LogP contribution in [0.4, 0.5) is 8.78 Å². The summed E-state index contributed by atoms with van der Waals surface area (Å²) in [6.07, 6.45) is 0.540. The van der Waals surface area contributed by atoms with Gasteiger partial charge in [-0.05, 0) is 41.8 Å². The molecule has 0 aliphatic carbocycles. The van der Waals surface area contributed by atoms with Crippen LogP contribution in [0.3, 0.4) is 0 Å². The van der Waals surface area contributed by atoms with Crippen molar-refractivity contribution in [3.05, 3.63) is 65.2 Å². The molecule has 0 heterocycles. The van der Waals surface area contributed by atoms with Crippen molar-refractivity contribution >= 4 is 0 Å². The van der Waals surface area contributed by atoms with Crippen molar-refractivity contribution in [3.63, 3.8) is 0 Å². The zero-order chi connectivity index (χ0) is 14.5. The van der Waals surface area contributed by atoms with Crippen molar-refractivity contribution < 1.29 is 13.5 Å². The lowest BCUT2D eigenvalue weighted by Gasteiger charge is -2.17. The number of ether oxygens (including phenoxy) is 1. The third-order valence-electron chi connectivity index (χ3n) is 3.12. The van der Waals surface area contributed by atoms with Gasteiger partial charge in [-0.25, -0.2) is 8.78 Å². The smallest absolute Gasteiger partial charge is 0.159 e. The van der Waals surface area contributed by atoms with E-state index in [9.17, 15) is 8.78 Å². The highest BCUT2D eigenvalue weighted by Gasteiger charge is 2.13. The van der Waals surface area contributed by atoms with E-state index in [1.807, 2.05) is 24.3 Å². The highest BCUT2D eigenvalue weighted by molar-refractivity contribution is 5.31. The first-order valence-electron chi connectivity index (χ1n) is 6.18. The normalized spacial score (nSPS) is 12.2. The number of benzene rings is 2. The third kappa shape index (κ3) is 3.31. The lowest BCUT2D eigenvalue weighted by Crippen LogP contribution is -2.29. The lowest BCUT2D eigenvalue weighted by atomic mass is 9.99. The van der Waals surface area contributed by atoms with E-state index in [0.29, 0.717) is 12.0 Å². The van der Waals surface area contributed by atoms with Gasteiger partial charge in [0.25, 0.3) is 0 Å². The molecular formula is C15H16F2N2O. The Hall–Kier alpha value is -1.98. The van der Waals surface area contributed by atoms with Crippen molar-refractivity contribution in [1.29, 1.82) is 0 Å². The maximum Gasteiger partial charge on any atom is 0.159 e. The van der Waals surface area contributed by atoms with Gasteiger partial charge in [-0.1, -0.05) is 18.2 Å². The number of hydrazine groups is 1. The van der Waals surface area contributed by atoms with E-state index in [-0.39, 0.29) is 6.04 Å². The molecule has 0 radical (unpaired) electrons. The summed E-state index contributed by atoms with van der Waals surface area (Å²) in [5.41, 5.74) is 4.20. The third-order valence-corrected chi connectivity index (χ3v) is 3.12. The molecule has 2 rings (SSSR count). The van der Waals surface area contributed by atoms with E-state index < -0.39 is 11.6 Å². The Morgan fingerprint density at radius 3 is 2.60 bits per heavy atom. The molecule has 0 amide bonds. The minimum absolute atomic E-state index is 0.308. The summed E-state index contributed by atoms with van der Waals surface area (Å²) in [7, 11) is 1.59. The van der Waals surface area contributed by atoms with Crippen LogP contribution in [-0.4, -0.2) is 7.11 Å². The van der Waals surface area contributed by atoms with Gasteiger partial charge in [0.15, 0.2) is 11.6 Å². The van der Waals surface area contributed by atoms with E-state index in [1.54, 1.807) is 7.11 Å². The van der Waals surface area contributed by atoms with Gasteiger partial charge in [0.2, 0.25) is 0 Å². The average Bonchev–Trinajstić information content (AvgIpc) is 2.48. The van der Waals surface area contributed by atoms with Crippen LogP contribution in [0, 0.1) is 11.6 Å². The molecule has 1 unspecified atom stereocenters. The quantitative estimate of drug-likeness (QED) is 0.653. The molecule has 0 saturated heterocycles. The highest BCUT2D eigenvalue weighted by atomic mass is 19.2. The van der Waals surface area contributed by atoms with Crippen molar-refractivity contribution in [2.45, 2.75) is 12.5 Å². The van der Waals surface area contributed by atoms with Crippen molar-refractivity contribution in [1.82, 2.24) is 5.43 Å². The first kappa shape index (κ1) is 14.4. The van der Waals surface area contributed by atoms with Crippen LogP contribution in [0.5, 0.6) is 5.75 Å². The van der Waals surface area contributed by atoms with Gasteiger partial charge < -0.3 is 4.74 Å². The van der Waals surface area contributed by atoms with Crippen LogP contribution in [-0.2, 0) is 6.42 Å². The minimum Gasteiger partial charge on any atom is -0.497 e. The zero-order valence-electron chi connectivity index (χ0n) is 11.1. The predicted octanol–water partition coefficient (Wildman–Crippen LogP) is 2.72. The molecule has 20 heavy (non-hydrogen) atoms. The molecule has 0 bridgehead atoms. The molecule has 2 aromatic rings. The van der Waals surface area contributed by atoms with Crippen LogP contribution in [0.2, 0.25) is 0 Å². The van der Waals surface area contributed by atoms with Gasteiger partial charge in [0, 0.05) is 0 Å². The van der Waals surface area contributed by atoms with Crippen molar-refractivity contribution in [3.8, 4) is 5.75 Å². The Kier molecular flexibility index (Phi) is 4.65. The molecule has 106 valence electrons. The number of hydrogen-bond donors (Lipinski definition) is 2. The lowest BCUT2D eigenvalue weighted by molar-refractivity contribution is 0.413. The van der Waals surface area contributed by atoms with Gasteiger partial charge in [-0.3, -0.25) is 11.3 Å². The molecule has 3 N–H and O–H groups in total. The second-order valence-electron chi connectivity index (χ2n) is 4.45. The molecule has 0 aliphatic heterocycles. The van der Waals surface area contributed by atoms with Crippen LogP contribution in [0.25, 0.3) is 0 Å². The topological polar surface area (TPSA) is 47.3 Å². The largest absolute Gasteiger partial charge is 0.497 e. The molecule has 5 heteroatoms. The molecule has 0 saturated carbocycles. The fourth-order valence-corrected chi connectivity index (χ4v) is 2.04. The number of halogens is 2. The molecule has 0 spiro atoms. The van der Waals surface area contributed by atoms with E-state index >= 15 is 0 Å². The number of rotatable bonds is 5. The van der Waals surface area contributed by atoms with E-state index in [2.05, 4.69) is 5.43 Å². The Morgan fingerprint density at radius 2 is 1.95 bits per heavy atom. The molecule has 0 aromatic heterocycles. The van der Waals surface area contributed by atoms with Gasteiger partial charge in [0.1, 0.15) is 5.75 Å². The summed E-state index contributed by atoms with van der Waals surface area (Å²) in [5.74, 6) is 4.50. The van der Waals surface area contributed by atoms with Gasteiger partial charge in [-0.15, -0.1) is 0 Å². The van der Waals surface area contributed by atoms with Crippen LogP contribution < -0.4 is 16.0 Å². The Morgan fingerprint density at radius 1 is 1.15 bits per heavy atom. The van der Waals surface area contributed by atoms with Crippen LogP contribution in [0.15, 0.2) is 42.5 Å². The monoisotopic (exact) mass is 278 g/mol. The van der Waals surface area contributed by atoms with E-state index in [4.69, 9.17) is 10.6 Å². The van der Waals surface area contributed by atoms with Gasteiger partial charge in [0.05, 0.1) is 13.2 Å². The van der Waals surface area contributed by atoms with Gasteiger partial charge >= 0.3 is 0 Å². The number of hydrogen-bond acceptors (Lipinski definition) is 3. The molecule has 1 atom stereocenters. The zero-order valence-corrected chi connectivity index (χ0v) is 11.1. The first-order chi connectivity index (χ1) is 9.63. The second-order valence-corrected chi connectivity index (χ2v) is 4.45. The standard InChI is InChI=1S/C15H16F2N2O/c1-20-12-4-2-3-10(7-12)8-15(19-18)11-5-6-13(16)14(17)9-11/h2-7,9,15,19H,8,18H2,1H3. The maximum atomic E-state index is 13.3. The van der Waals surface area contributed by atoms with Crippen LogP contribution in [0.1, 0.15) is 17.2 Å². The maximum absolute atomic E-state index is 13.3. The predicted molar refractivity (Wildman–Crippen MR) is 73.1 cm³/mol. The van der Waals surface area contributed by atoms with E-state index in [1.165, 1.54) is 6.07 Å².